The minimum absolute atomic E-state index is 0.0698. The van der Waals surface area contributed by atoms with Crippen molar-refractivity contribution in [2.45, 2.75) is 4.90 Å². The number of amides is 1. The van der Waals surface area contributed by atoms with Crippen molar-refractivity contribution in [2.24, 2.45) is 0 Å². The fourth-order valence-corrected chi connectivity index (χ4v) is 2.41. The molecule has 0 aromatic heterocycles. The second-order valence-electron chi connectivity index (χ2n) is 3.73. The molecule has 0 atom stereocenters. The number of aliphatic carboxylic acids is 1. The van der Waals surface area contributed by atoms with E-state index in [4.69, 9.17) is 20.5 Å². The standard InChI is InChI=1S/C10H8ClNO6S/c11-19(16,17)6-1-2-8-7(3-6)12(4-10(14)15)9(13)5-18-8/h1-3H,4-5H2,(H,14,15). The molecule has 19 heavy (non-hydrogen) atoms. The molecule has 1 N–H and O–H groups in total. The molecule has 1 aliphatic rings. The maximum absolute atomic E-state index is 11.6. The van der Waals surface area contributed by atoms with Crippen molar-refractivity contribution in [2.75, 3.05) is 18.1 Å². The molecule has 9 heteroatoms. The van der Waals surface area contributed by atoms with E-state index >= 15 is 0 Å². The number of carboxylic acids is 1. The lowest BCUT2D eigenvalue weighted by Gasteiger charge is -2.28. The number of carbonyl (C=O) groups excluding carboxylic acids is 1. The van der Waals surface area contributed by atoms with E-state index < -0.39 is 27.5 Å². The molecule has 0 fully saturated rings. The van der Waals surface area contributed by atoms with E-state index in [2.05, 4.69) is 0 Å². The Hall–Kier alpha value is -1.80. The second-order valence-corrected chi connectivity index (χ2v) is 6.30. The fraction of sp³-hybridized carbons (Fsp3) is 0.200. The normalized spacial score (nSPS) is 14.8. The van der Waals surface area contributed by atoms with E-state index in [0.717, 1.165) is 11.0 Å². The average Bonchev–Trinajstić information content (AvgIpc) is 2.30. The van der Waals surface area contributed by atoms with Gasteiger partial charge in [-0.3, -0.25) is 14.5 Å². The summed E-state index contributed by atoms with van der Waals surface area (Å²) in [6.07, 6.45) is 0. The summed E-state index contributed by atoms with van der Waals surface area (Å²) < 4.78 is 27.6. The molecule has 0 saturated heterocycles. The van der Waals surface area contributed by atoms with Gasteiger partial charge in [-0.15, -0.1) is 0 Å². The average molecular weight is 306 g/mol. The van der Waals surface area contributed by atoms with Gasteiger partial charge in [0.15, 0.2) is 6.61 Å². The van der Waals surface area contributed by atoms with Gasteiger partial charge in [0.05, 0.1) is 10.6 Å². The number of hydrogen-bond donors (Lipinski definition) is 1. The van der Waals surface area contributed by atoms with Crippen molar-refractivity contribution in [3.05, 3.63) is 18.2 Å². The number of hydrogen-bond acceptors (Lipinski definition) is 5. The topological polar surface area (TPSA) is 101 Å². The number of halogens is 1. The van der Waals surface area contributed by atoms with Gasteiger partial charge < -0.3 is 9.84 Å². The van der Waals surface area contributed by atoms with E-state index in [-0.39, 0.29) is 22.9 Å². The summed E-state index contributed by atoms with van der Waals surface area (Å²) in [6.45, 7) is -0.881. The maximum Gasteiger partial charge on any atom is 0.323 e. The van der Waals surface area contributed by atoms with Crippen LogP contribution in [0.15, 0.2) is 23.1 Å². The smallest absolute Gasteiger partial charge is 0.323 e. The van der Waals surface area contributed by atoms with Gasteiger partial charge in [0, 0.05) is 10.7 Å². The Kier molecular flexibility index (Phi) is 3.38. The molecule has 0 saturated carbocycles. The molecule has 1 aromatic carbocycles. The quantitative estimate of drug-likeness (QED) is 0.812. The molecule has 0 radical (unpaired) electrons. The predicted octanol–water partition coefficient (Wildman–Crippen LogP) is 0.424. The van der Waals surface area contributed by atoms with Crippen LogP contribution in [0.4, 0.5) is 5.69 Å². The molecule has 0 unspecified atom stereocenters. The van der Waals surface area contributed by atoms with Gasteiger partial charge in [-0.05, 0) is 18.2 Å². The number of carbonyl (C=O) groups is 2. The summed E-state index contributed by atoms with van der Waals surface area (Å²) in [5.74, 6) is -1.57. The molecule has 1 aromatic rings. The number of benzene rings is 1. The van der Waals surface area contributed by atoms with Crippen LogP contribution in [0.5, 0.6) is 5.75 Å². The van der Waals surface area contributed by atoms with Gasteiger partial charge in [-0.2, -0.15) is 0 Å². The third-order valence-corrected chi connectivity index (χ3v) is 3.80. The Morgan fingerprint density at radius 1 is 1.47 bits per heavy atom. The molecule has 0 bridgehead atoms. The van der Waals surface area contributed by atoms with Crippen LogP contribution in [0.2, 0.25) is 0 Å². The van der Waals surface area contributed by atoms with Crippen LogP contribution in [0, 0.1) is 0 Å². The Morgan fingerprint density at radius 2 is 2.16 bits per heavy atom. The molecule has 102 valence electrons. The van der Waals surface area contributed by atoms with Gasteiger partial charge in [0.2, 0.25) is 0 Å². The fourth-order valence-electron chi connectivity index (χ4n) is 1.64. The van der Waals surface area contributed by atoms with Crippen molar-refractivity contribution in [1.29, 1.82) is 0 Å². The number of nitrogens with zero attached hydrogens (tertiary/aromatic N) is 1. The van der Waals surface area contributed by atoms with Crippen molar-refractivity contribution < 1.29 is 27.9 Å². The van der Waals surface area contributed by atoms with E-state index in [0.29, 0.717) is 0 Å². The van der Waals surface area contributed by atoms with Crippen LogP contribution in [-0.4, -0.2) is 38.6 Å². The molecule has 1 amide bonds. The van der Waals surface area contributed by atoms with Gasteiger partial charge in [-0.25, -0.2) is 8.42 Å². The van der Waals surface area contributed by atoms with Crippen LogP contribution in [0.25, 0.3) is 0 Å². The molecule has 1 aliphatic heterocycles. The van der Waals surface area contributed by atoms with Crippen molar-refractivity contribution in [3.63, 3.8) is 0 Å². The third-order valence-electron chi connectivity index (χ3n) is 2.45. The minimum Gasteiger partial charge on any atom is -0.482 e. The van der Waals surface area contributed by atoms with Crippen molar-refractivity contribution in [1.82, 2.24) is 0 Å². The molecule has 0 spiro atoms. The summed E-state index contributed by atoms with van der Waals surface area (Å²) in [6, 6.07) is 3.65. The number of carboxylic acid groups (broad SMARTS) is 1. The molecular formula is C10H8ClNO6S. The van der Waals surface area contributed by atoms with Gasteiger partial charge in [0.1, 0.15) is 12.3 Å². The molecule has 2 rings (SSSR count). The zero-order valence-corrected chi connectivity index (χ0v) is 10.9. The highest BCUT2D eigenvalue weighted by Gasteiger charge is 2.28. The monoisotopic (exact) mass is 305 g/mol. The Labute approximate surface area is 112 Å². The summed E-state index contributed by atoms with van der Waals surface area (Å²) in [5, 5.41) is 8.76. The number of rotatable bonds is 3. The van der Waals surface area contributed by atoms with Crippen LogP contribution in [-0.2, 0) is 18.6 Å². The first-order valence-corrected chi connectivity index (χ1v) is 7.33. The first-order chi connectivity index (χ1) is 8.79. The highest BCUT2D eigenvalue weighted by molar-refractivity contribution is 8.13. The van der Waals surface area contributed by atoms with E-state index in [1.165, 1.54) is 12.1 Å². The lowest BCUT2D eigenvalue weighted by molar-refractivity contribution is -0.137. The minimum atomic E-state index is -3.97. The SMILES string of the molecule is O=C(O)CN1C(=O)COc2ccc(S(=O)(=O)Cl)cc21. The Morgan fingerprint density at radius 3 is 2.74 bits per heavy atom. The second kappa shape index (κ2) is 4.71. The van der Waals surface area contributed by atoms with Gasteiger partial charge >= 0.3 is 5.97 Å². The molecule has 1 heterocycles. The van der Waals surface area contributed by atoms with E-state index in [1.807, 2.05) is 0 Å². The van der Waals surface area contributed by atoms with Crippen molar-refractivity contribution >= 4 is 37.3 Å². The van der Waals surface area contributed by atoms with Crippen LogP contribution in [0.3, 0.4) is 0 Å². The summed E-state index contributed by atoms with van der Waals surface area (Å²) >= 11 is 0. The van der Waals surface area contributed by atoms with Crippen molar-refractivity contribution in [3.8, 4) is 5.75 Å². The Balaban J connectivity index is 2.53. The molecular weight excluding hydrogens is 298 g/mol. The lowest BCUT2D eigenvalue weighted by atomic mass is 10.2. The molecule has 7 nitrogen and oxygen atoms in total. The van der Waals surface area contributed by atoms with Crippen LogP contribution in [0.1, 0.15) is 0 Å². The predicted molar refractivity (Wildman–Crippen MR) is 65.0 cm³/mol. The number of ether oxygens (including phenoxy) is 1. The van der Waals surface area contributed by atoms with Gasteiger partial charge in [0.25, 0.3) is 15.0 Å². The first-order valence-electron chi connectivity index (χ1n) is 5.02. The zero-order valence-electron chi connectivity index (χ0n) is 9.37. The lowest BCUT2D eigenvalue weighted by Crippen LogP contribution is -2.42. The highest BCUT2D eigenvalue weighted by Crippen LogP contribution is 2.34. The van der Waals surface area contributed by atoms with Gasteiger partial charge in [-0.1, -0.05) is 0 Å². The first kappa shape index (κ1) is 13.6. The summed E-state index contributed by atoms with van der Waals surface area (Å²) in [7, 11) is 1.23. The summed E-state index contributed by atoms with van der Waals surface area (Å²) in [5.41, 5.74) is 0.0698. The zero-order chi connectivity index (χ0) is 14.2. The van der Waals surface area contributed by atoms with E-state index in [9.17, 15) is 18.0 Å². The highest BCUT2D eigenvalue weighted by atomic mass is 35.7. The number of fused-ring (bicyclic) bond motifs is 1. The largest absolute Gasteiger partial charge is 0.482 e. The number of anilines is 1. The third kappa shape index (κ3) is 2.79. The molecule has 0 aliphatic carbocycles. The van der Waals surface area contributed by atoms with Crippen LogP contribution >= 0.6 is 10.7 Å². The van der Waals surface area contributed by atoms with Crippen LogP contribution < -0.4 is 9.64 Å². The summed E-state index contributed by atoms with van der Waals surface area (Å²) in [4.78, 5) is 23.0. The maximum atomic E-state index is 11.6. The Bertz CT molecular complexity index is 656. The van der Waals surface area contributed by atoms with E-state index in [1.54, 1.807) is 0 Å².